The third-order valence-corrected chi connectivity index (χ3v) is 4.52. The van der Waals surface area contributed by atoms with Crippen LogP contribution in [-0.2, 0) is 19.1 Å². The van der Waals surface area contributed by atoms with Crippen LogP contribution in [0.15, 0.2) is 12.2 Å². The molecule has 3 aliphatic rings. The van der Waals surface area contributed by atoms with Crippen molar-refractivity contribution in [3.8, 4) is 0 Å². The average Bonchev–Trinajstić information content (AvgIpc) is 3.05. The van der Waals surface area contributed by atoms with Crippen LogP contribution in [0.25, 0.3) is 0 Å². The zero-order chi connectivity index (χ0) is 14.3. The summed E-state index contributed by atoms with van der Waals surface area (Å²) in [6, 6.07) is 0. The topological polar surface area (TPSA) is 55.8 Å². The van der Waals surface area contributed by atoms with Crippen LogP contribution in [0.1, 0.15) is 26.7 Å². The van der Waals surface area contributed by atoms with Crippen LogP contribution in [0, 0.1) is 11.8 Å². The summed E-state index contributed by atoms with van der Waals surface area (Å²) in [4.78, 5) is 26.6. The first-order valence-corrected chi connectivity index (χ1v) is 7.45. The monoisotopic (exact) mass is 279 g/mol. The normalized spacial score (nSPS) is 37.6. The predicted molar refractivity (Wildman–Crippen MR) is 71.8 cm³/mol. The molecule has 3 rings (SSSR count). The summed E-state index contributed by atoms with van der Waals surface area (Å²) in [5.41, 5.74) is -0.590. The maximum absolute atomic E-state index is 12.6. The lowest BCUT2D eigenvalue weighted by molar-refractivity contribution is -0.153. The number of hydrogen-bond donors (Lipinski definition) is 0. The lowest BCUT2D eigenvalue weighted by Gasteiger charge is -2.22. The van der Waals surface area contributed by atoms with Gasteiger partial charge in [-0.3, -0.25) is 9.59 Å². The number of rotatable bonds is 5. The molecule has 2 saturated heterocycles. The number of esters is 1. The minimum atomic E-state index is -0.590. The SMILES string of the molecule is CCCCN1C[C@@]23C=C[C@@H](O2)[C@@H](C(=O)OCC)[C@H]3C1=O. The number of unbranched alkanes of at least 4 members (excludes halogenated alkanes) is 1. The van der Waals surface area contributed by atoms with Crippen LogP contribution in [0.5, 0.6) is 0 Å². The van der Waals surface area contributed by atoms with Crippen LogP contribution in [0.3, 0.4) is 0 Å². The van der Waals surface area contributed by atoms with E-state index in [1.807, 2.05) is 17.1 Å². The summed E-state index contributed by atoms with van der Waals surface area (Å²) < 4.78 is 11.1. The largest absolute Gasteiger partial charge is 0.466 e. The molecule has 2 bridgehead atoms. The van der Waals surface area contributed by atoms with Gasteiger partial charge in [0.1, 0.15) is 11.5 Å². The average molecular weight is 279 g/mol. The maximum atomic E-state index is 12.6. The zero-order valence-corrected chi connectivity index (χ0v) is 12.0. The molecular weight excluding hydrogens is 258 g/mol. The first-order chi connectivity index (χ1) is 9.63. The molecule has 0 aromatic heterocycles. The van der Waals surface area contributed by atoms with Gasteiger partial charge in [0.25, 0.3) is 0 Å². The van der Waals surface area contributed by atoms with Gasteiger partial charge in [-0.15, -0.1) is 0 Å². The first kappa shape index (κ1) is 13.6. The molecule has 0 aliphatic carbocycles. The minimum absolute atomic E-state index is 0.0448. The molecule has 3 aliphatic heterocycles. The number of fused-ring (bicyclic) bond motifs is 1. The molecule has 3 heterocycles. The second-order valence-corrected chi connectivity index (χ2v) is 5.77. The van der Waals surface area contributed by atoms with Crippen LogP contribution in [0.4, 0.5) is 0 Å². The highest BCUT2D eigenvalue weighted by molar-refractivity contribution is 5.91. The van der Waals surface area contributed by atoms with Gasteiger partial charge < -0.3 is 14.4 Å². The Morgan fingerprint density at radius 3 is 3.05 bits per heavy atom. The van der Waals surface area contributed by atoms with Gasteiger partial charge in [0.05, 0.1) is 25.2 Å². The summed E-state index contributed by atoms with van der Waals surface area (Å²) in [5, 5.41) is 0. The number of amides is 1. The third-order valence-electron chi connectivity index (χ3n) is 4.52. The fourth-order valence-corrected chi connectivity index (χ4v) is 3.62. The number of likely N-dealkylation sites (tertiary alicyclic amines) is 1. The molecule has 5 heteroatoms. The van der Waals surface area contributed by atoms with Crippen molar-refractivity contribution < 1.29 is 19.1 Å². The molecule has 5 nitrogen and oxygen atoms in total. The highest BCUT2D eigenvalue weighted by Crippen LogP contribution is 2.52. The van der Waals surface area contributed by atoms with Gasteiger partial charge >= 0.3 is 5.97 Å². The van der Waals surface area contributed by atoms with Crippen molar-refractivity contribution in [2.45, 2.75) is 38.4 Å². The zero-order valence-electron chi connectivity index (χ0n) is 12.0. The maximum Gasteiger partial charge on any atom is 0.312 e. The van der Waals surface area contributed by atoms with Crippen LogP contribution in [0.2, 0.25) is 0 Å². The molecule has 4 atom stereocenters. The quantitative estimate of drug-likeness (QED) is 0.559. The highest BCUT2D eigenvalue weighted by Gasteiger charge is 2.67. The Kier molecular flexibility index (Phi) is 3.32. The second-order valence-electron chi connectivity index (χ2n) is 5.77. The van der Waals surface area contributed by atoms with Crippen molar-refractivity contribution in [1.82, 2.24) is 4.90 Å². The van der Waals surface area contributed by atoms with Gasteiger partial charge in [-0.25, -0.2) is 0 Å². The summed E-state index contributed by atoms with van der Waals surface area (Å²) >= 11 is 0. The first-order valence-electron chi connectivity index (χ1n) is 7.45. The van der Waals surface area contributed by atoms with E-state index < -0.39 is 17.4 Å². The lowest BCUT2D eigenvalue weighted by atomic mass is 9.77. The Bertz CT molecular complexity index is 461. The van der Waals surface area contributed by atoms with Gasteiger partial charge in [0, 0.05) is 6.54 Å². The fraction of sp³-hybridized carbons (Fsp3) is 0.733. The number of carbonyl (C=O) groups excluding carboxylic acids is 2. The molecule has 1 spiro atoms. The molecule has 1 amide bonds. The standard InChI is InChI=1S/C15H21NO4/c1-3-5-8-16-9-15-7-6-10(20-15)11(12(15)13(16)17)14(18)19-4-2/h6-7,10-12H,3-5,8-9H2,1-2H3/t10-,11-,12+,15-/m1/s1. The van der Waals surface area contributed by atoms with E-state index in [0.29, 0.717) is 13.2 Å². The highest BCUT2D eigenvalue weighted by atomic mass is 16.6. The molecule has 0 radical (unpaired) electrons. The molecule has 0 aromatic carbocycles. The van der Waals surface area contributed by atoms with Crippen LogP contribution < -0.4 is 0 Å². The molecular formula is C15H21NO4. The van der Waals surface area contributed by atoms with Crippen molar-refractivity contribution >= 4 is 11.9 Å². The summed E-state index contributed by atoms with van der Waals surface area (Å²) in [6.45, 7) is 5.52. The molecule has 0 unspecified atom stereocenters. The summed E-state index contributed by atoms with van der Waals surface area (Å²) in [6.07, 6.45) is 5.61. The molecule has 2 fully saturated rings. The van der Waals surface area contributed by atoms with Crippen LogP contribution in [-0.4, -0.2) is 48.2 Å². The van der Waals surface area contributed by atoms with E-state index in [0.717, 1.165) is 19.4 Å². The van der Waals surface area contributed by atoms with Crippen molar-refractivity contribution in [1.29, 1.82) is 0 Å². The Hall–Kier alpha value is -1.36. The molecule has 0 aromatic rings. The number of ether oxygens (including phenoxy) is 2. The van der Waals surface area contributed by atoms with Crippen molar-refractivity contribution in [3.05, 3.63) is 12.2 Å². The molecule has 110 valence electrons. The summed E-state index contributed by atoms with van der Waals surface area (Å²) in [5.74, 6) is -1.13. The Morgan fingerprint density at radius 2 is 2.35 bits per heavy atom. The van der Waals surface area contributed by atoms with Crippen LogP contribution >= 0.6 is 0 Å². The molecule has 0 N–H and O–H groups in total. The van der Waals surface area contributed by atoms with Crippen molar-refractivity contribution in [2.24, 2.45) is 11.8 Å². The number of carbonyl (C=O) groups is 2. The Balaban J connectivity index is 1.83. The van der Waals surface area contributed by atoms with Gasteiger partial charge in [0.15, 0.2) is 0 Å². The minimum Gasteiger partial charge on any atom is -0.466 e. The molecule has 20 heavy (non-hydrogen) atoms. The van der Waals surface area contributed by atoms with E-state index in [2.05, 4.69) is 6.92 Å². The number of nitrogens with zero attached hydrogens (tertiary/aromatic N) is 1. The van der Waals surface area contributed by atoms with E-state index in [1.165, 1.54) is 0 Å². The third kappa shape index (κ3) is 1.79. The Labute approximate surface area is 118 Å². The van der Waals surface area contributed by atoms with Gasteiger partial charge in [-0.2, -0.15) is 0 Å². The summed E-state index contributed by atoms with van der Waals surface area (Å²) in [7, 11) is 0. The second kappa shape index (κ2) is 4.88. The van der Waals surface area contributed by atoms with E-state index in [-0.39, 0.29) is 18.0 Å². The predicted octanol–water partition coefficient (Wildman–Crippen LogP) is 1.13. The van der Waals surface area contributed by atoms with Crippen molar-refractivity contribution in [3.63, 3.8) is 0 Å². The lowest BCUT2D eigenvalue weighted by Crippen LogP contribution is -2.40. The number of hydrogen-bond acceptors (Lipinski definition) is 4. The van der Waals surface area contributed by atoms with E-state index in [4.69, 9.17) is 9.47 Å². The Morgan fingerprint density at radius 1 is 1.55 bits per heavy atom. The van der Waals surface area contributed by atoms with Gasteiger partial charge in [0.2, 0.25) is 5.91 Å². The van der Waals surface area contributed by atoms with Gasteiger partial charge in [-0.1, -0.05) is 25.5 Å². The van der Waals surface area contributed by atoms with E-state index in [1.54, 1.807) is 6.92 Å². The van der Waals surface area contributed by atoms with E-state index >= 15 is 0 Å². The van der Waals surface area contributed by atoms with E-state index in [9.17, 15) is 9.59 Å². The van der Waals surface area contributed by atoms with Gasteiger partial charge in [-0.05, 0) is 13.3 Å². The fourth-order valence-electron chi connectivity index (χ4n) is 3.62. The molecule has 0 saturated carbocycles. The smallest absolute Gasteiger partial charge is 0.312 e. The van der Waals surface area contributed by atoms with Crippen molar-refractivity contribution in [2.75, 3.05) is 19.7 Å².